The van der Waals surface area contributed by atoms with Crippen LogP contribution >= 0.6 is 0 Å². The lowest BCUT2D eigenvalue weighted by molar-refractivity contribution is 0.837. The van der Waals surface area contributed by atoms with Crippen molar-refractivity contribution >= 4 is 5.69 Å². The Hall–Kier alpha value is -1.68. The highest BCUT2D eigenvalue weighted by Gasteiger charge is 2.14. The molecule has 1 nitrogen and oxygen atoms in total. The highest BCUT2D eigenvalue weighted by atomic mass is 14.8. The fourth-order valence-electron chi connectivity index (χ4n) is 1.95. The molecule has 17 heavy (non-hydrogen) atoms. The molecule has 0 fully saturated rings. The number of hydrogen-bond donors (Lipinski definition) is 1. The van der Waals surface area contributed by atoms with Crippen LogP contribution in [0.25, 0.3) is 0 Å². The first-order chi connectivity index (χ1) is 8.01. The minimum atomic E-state index is 0.434. The monoisotopic (exact) mass is 227 g/mol. The number of terminal acetylenes is 1. The Labute approximate surface area is 105 Å². The minimum Gasteiger partial charge on any atom is -0.362 e. The zero-order chi connectivity index (χ0) is 13.0. The quantitative estimate of drug-likeness (QED) is 0.748. The van der Waals surface area contributed by atoms with Gasteiger partial charge in [0.2, 0.25) is 0 Å². The van der Waals surface area contributed by atoms with Crippen molar-refractivity contribution in [3.8, 4) is 12.3 Å². The van der Waals surface area contributed by atoms with Crippen LogP contribution < -0.4 is 5.32 Å². The van der Waals surface area contributed by atoms with E-state index in [0.29, 0.717) is 11.8 Å². The maximum atomic E-state index is 5.52. The molecule has 1 rings (SSSR count). The van der Waals surface area contributed by atoms with E-state index in [-0.39, 0.29) is 0 Å². The summed E-state index contributed by atoms with van der Waals surface area (Å²) in [6, 6.07) is 4.17. The Morgan fingerprint density at radius 3 is 1.94 bits per heavy atom. The van der Waals surface area contributed by atoms with E-state index in [1.54, 1.807) is 6.20 Å². The van der Waals surface area contributed by atoms with Crippen LogP contribution in [0.5, 0.6) is 0 Å². The predicted octanol–water partition coefficient (Wildman–Crippen LogP) is 4.47. The van der Waals surface area contributed by atoms with Crippen molar-refractivity contribution in [3.05, 3.63) is 41.6 Å². The molecule has 0 atom stereocenters. The summed E-state index contributed by atoms with van der Waals surface area (Å²) in [4.78, 5) is 0. The van der Waals surface area contributed by atoms with Crippen molar-refractivity contribution < 1.29 is 0 Å². The summed E-state index contributed by atoms with van der Waals surface area (Å²) in [6.07, 6.45) is 7.25. The lowest BCUT2D eigenvalue weighted by atomic mass is 9.90. The Balaban J connectivity index is 3.50. The normalized spacial score (nSPS) is 10.4. The van der Waals surface area contributed by atoms with Crippen molar-refractivity contribution in [1.82, 2.24) is 0 Å². The summed E-state index contributed by atoms with van der Waals surface area (Å²) in [7, 11) is 0. The predicted molar refractivity (Wildman–Crippen MR) is 76.4 cm³/mol. The van der Waals surface area contributed by atoms with Crippen LogP contribution in [0, 0.1) is 12.3 Å². The third-order valence-electron chi connectivity index (χ3n) is 2.86. The highest BCUT2D eigenvalue weighted by Crippen LogP contribution is 2.33. The molecule has 0 aromatic heterocycles. The minimum absolute atomic E-state index is 0.434. The molecule has 1 N–H and O–H groups in total. The van der Waals surface area contributed by atoms with Crippen LogP contribution in [0.4, 0.5) is 5.69 Å². The molecule has 0 amide bonds. The molecule has 0 aliphatic rings. The van der Waals surface area contributed by atoms with Crippen molar-refractivity contribution in [2.24, 2.45) is 0 Å². The molecule has 0 spiro atoms. The molecular weight excluding hydrogens is 206 g/mol. The maximum Gasteiger partial charge on any atom is 0.0450 e. The summed E-state index contributed by atoms with van der Waals surface area (Å²) < 4.78 is 0. The van der Waals surface area contributed by atoms with E-state index in [4.69, 9.17) is 6.42 Å². The van der Waals surface area contributed by atoms with Crippen LogP contribution in [0.2, 0.25) is 0 Å². The molecule has 90 valence electrons. The van der Waals surface area contributed by atoms with Gasteiger partial charge in [0.1, 0.15) is 0 Å². The van der Waals surface area contributed by atoms with Crippen molar-refractivity contribution in [3.63, 3.8) is 0 Å². The van der Waals surface area contributed by atoms with E-state index in [2.05, 4.69) is 57.6 Å². The Morgan fingerprint density at radius 2 is 1.65 bits per heavy atom. The third-order valence-corrected chi connectivity index (χ3v) is 2.86. The fraction of sp³-hybridized carbons (Fsp3) is 0.375. The molecule has 1 aromatic rings. The zero-order valence-corrected chi connectivity index (χ0v) is 11.2. The van der Waals surface area contributed by atoms with Gasteiger partial charge in [-0.05, 0) is 41.3 Å². The average Bonchev–Trinajstić information content (AvgIpc) is 2.28. The van der Waals surface area contributed by atoms with Gasteiger partial charge < -0.3 is 5.32 Å². The smallest absolute Gasteiger partial charge is 0.0450 e. The van der Waals surface area contributed by atoms with Gasteiger partial charge in [0, 0.05) is 11.3 Å². The molecule has 0 aliphatic heterocycles. The molecule has 0 saturated carbocycles. The van der Waals surface area contributed by atoms with Gasteiger partial charge in [-0.1, -0.05) is 40.2 Å². The summed E-state index contributed by atoms with van der Waals surface area (Å²) in [6.45, 7) is 12.4. The Bertz CT molecular complexity index is 418. The fourth-order valence-corrected chi connectivity index (χ4v) is 1.95. The van der Waals surface area contributed by atoms with E-state index in [0.717, 1.165) is 11.3 Å². The number of anilines is 1. The van der Waals surface area contributed by atoms with Gasteiger partial charge in [-0.25, -0.2) is 0 Å². The van der Waals surface area contributed by atoms with E-state index >= 15 is 0 Å². The third kappa shape index (κ3) is 2.91. The molecule has 1 heteroatoms. The number of hydrogen-bond acceptors (Lipinski definition) is 1. The lowest BCUT2D eigenvalue weighted by Gasteiger charge is -2.20. The first-order valence-electron chi connectivity index (χ1n) is 6.03. The van der Waals surface area contributed by atoms with E-state index < -0.39 is 0 Å². The van der Waals surface area contributed by atoms with Crippen LogP contribution in [-0.4, -0.2) is 0 Å². The first-order valence-corrected chi connectivity index (χ1v) is 6.03. The molecule has 0 bridgehead atoms. The average molecular weight is 227 g/mol. The second-order valence-electron chi connectivity index (χ2n) is 4.83. The van der Waals surface area contributed by atoms with Crippen molar-refractivity contribution in [2.75, 3.05) is 5.32 Å². The van der Waals surface area contributed by atoms with Crippen LogP contribution in [0.15, 0.2) is 24.9 Å². The summed E-state index contributed by atoms with van der Waals surface area (Å²) in [5.41, 5.74) is 4.61. The molecule has 0 saturated heterocycles. The van der Waals surface area contributed by atoms with Crippen molar-refractivity contribution in [2.45, 2.75) is 39.5 Å². The van der Waals surface area contributed by atoms with E-state index in [9.17, 15) is 0 Å². The topological polar surface area (TPSA) is 12.0 Å². The van der Waals surface area contributed by atoms with Gasteiger partial charge in [0.05, 0.1) is 0 Å². The van der Waals surface area contributed by atoms with Gasteiger partial charge in [-0.2, -0.15) is 0 Å². The zero-order valence-electron chi connectivity index (χ0n) is 11.2. The van der Waals surface area contributed by atoms with E-state index in [1.807, 2.05) is 0 Å². The molecule has 1 aromatic carbocycles. The second-order valence-corrected chi connectivity index (χ2v) is 4.83. The highest BCUT2D eigenvalue weighted by molar-refractivity contribution is 5.64. The standard InChI is InChI=1S/C16H21N/c1-7-13-9-14(11(3)4)16(17-8-2)15(10-13)12(5)6/h1,8-12,17H,2H2,3-6H3. The lowest BCUT2D eigenvalue weighted by Crippen LogP contribution is -2.04. The number of nitrogens with one attached hydrogen (secondary N) is 1. The first kappa shape index (κ1) is 13.4. The summed E-state index contributed by atoms with van der Waals surface area (Å²) in [5.74, 6) is 3.60. The van der Waals surface area contributed by atoms with Gasteiger partial charge in [0.25, 0.3) is 0 Å². The van der Waals surface area contributed by atoms with Crippen LogP contribution in [0.1, 0.15) is 56.2 Å². The largest absolute Gasteiger partial charge is 0.362 e. The maximum absolute atomic E-state index is 5.52. The number of rotatable bonds is 4. The molecule has 0 radical (unpaired) electrons. The van der Waals surface area contributed by atoms with Gasteiger partial charge in [-0.3, -0.25) is 0 Å². The number of benzene rings is 1. The molecule has 0 aliphatic carbocycles. The van der Waals surface area contributed by atoms with Crippen LogP contribution in [0.3, 0.4) is 0 Å². The summed E-state index contributed by atoms with van der Waals surface area (Å²) >= 11 is 0. The second kappa shape index (κ2) is 5.59. The Morgan fingerprint density at radius 1 is 1.18 bits per heavy atom. The summed E-state index contributed by atoms with van der Waals surface area (Å²) in [5, 5.41) is 3.25. The van der Waals surface area contributed by atoms with Gasteiger partial charge in [0.15, 0.2) is 0 Å². The molecule has 0 unspecified atom stereocenters. The van der Waals surface area contributed by atoms with E-state index in [1.165, 1.54) is 11.1 Å². The SMILES string of the molecule is C#Cc1cc(C(C)C)c(NC=C)c(C(C)C)c1. The van der Waals surface area contributed by atoms with Crippen LogP contribution in [-0.2, 0) is 0 Å². The van der Waals surface area contributed by atoms with Gasteiger partial charge in [-0.15, -0.1) is 6.42 Å². The molecular formula is C16H21N. The molecule has 0 heterocycles. The Kier molecular flexibility index (Phi) is 4.40. The van der Waals surface area contributed by atoms with Gasteiger partial charge >= 0.3 is 0 Å². The van der Waals surface area contributed by atoms with Crippen molar-refractivity contribution in [1.29, 1.82) is 0 Å².